The summed E-state index contributed by atoms with van der Waals surface area (Å²) in [4.78, 5) is 36.9. The first kappa shape index (κ1) is 19.9. The number of carboxylic acid groups (broad SMARTS) is 1. The van der Waals surface area contributed by atoms with Gasteiger partial charge < -0.3 is 19.6 Å². The molecule has 144 valence electrons. The number of amides is 2. The zero-order valence-electron chi connectivity index (χ0n) is 15.4. The molecule has 2 aliphatic heterocycles. The standard InChI is InChI=1S/C16H24N4O3.CH2O2/c1-10-11(2)17-18-14(10)4-5-15(21)20-6-12-8-23-9-13(7-20)19(3)16(12)22;2-1-3/h12-13H,4-9H2,1-3H3,(H,17,18);1H,(H,2,3)/t12-,13+;/m1./s1. The number of hydrogen-bond donors (Lipinski definition) is 2. The third-order valence-electron chi connectivity index (χ3n) is 5.03. The third-order valence-corrected chi connectivity index (χ3v) is 5.03. The number of ether oxygens (including phenoxy) is 1. The van der Waals surface area contributed by atoms with E-state index in [0.29, 0.717) is 39.1 Å². The first-order valence-corrected chi connectivity index (χ1v) is 8.59. The number of aromatic amines is 1. The van der Waals surface area contributed by atoms with Gasteiger partial charge in [0.1, 0.15) is 0 Å². The van der Waals surface area contributed by atoms with Crippen molar-refractivity contribution in [2.75, 3.05) is 33.4 Å². The highest BCUT2D eigenvalue weighted by Crippen LogP contribution is 2.20. The van der Waals surface area contributed by atoms with E-state index >= 15 is 0 Å². The van der Waals surface area contributed by atoms with E-state index in [4.69, 9.17) is 14.6 Å². The van der Waals surface area contributed by atoms with Crippen molar-refractivity contribution in [2.45, 2.75) is 32.7 Å². The molecule has 1 aromatic rings. The van der Waals surface area contributed by atoms with Crippen LogP contribution in [0.5, 0.6) is 0 Å². The zero-order chi connectivity index (χ0) is 19.3. The third kappa shape index (κ3) is 4.40. The molecule has 2 bridgehead atoms. The van der Waals surface area contributed by atoms with Crippen LogP contribution >= 0.6 is 0 Å². The minimum Gasteiger partial charge on any atom is -0.483 e. The summed E-state index contributed by atoms with van der Waals surface area (Å²) < 4.78 is 5.56. The maximum atomic E-state index is 12.6. The van der Waals surface area contributed by atoms with Crippen molar-refractivity contribution in [3.8, 4) is 0 Å². The fraction of sp³-hybridized carbons (Fsp3) is 0.647. The van der Waals surface area contributed by atoms with Crippen LogP contribution in [-0.4, -0.2) is 82.8 Å². The van der Waals surface area contributed by atoms with Crippen LogP contribution in [0.15, 0.2) is 0 Å². The summed E-state index contributed by atoms with van der Waals surface area (Å²) in [5.74, 6) is -0.0718. The monoisotopic (exact) mass is 366 g/mol. The summed E-state index contributed by atoms with van der Waals surface area (Å²) in [6.45, 7) is 5.65. The molecule has 3 rings (SSSR count). The second kappa shape index (κ2) is 8.79. The summed E-state index contributed by atoms with van der Waals surface area (Å²) in [7, 11) is 1.80. The number of aryl methyl sites for hydroxylation is 2. The molecule has 9 nitrogen and oxygen atoms in total. The van der Waals surface area contributed by atoms with Gasteiger partial charge in [-0.2, -0.15) is 5.10 Å². The summed E-state index contributed by atoms with van der Waals surface area (Å²) in [6, 6.07) is -0.0479. The van der Waals surface area contributed by atoms with E-state index in [2.05, 4.69) is 10.2 Å². The molecule has 0 saturated carbocycles. The van der Waals surface area contributed by atoms with E-state index < -0.39 is 0 Å². The van der Waals surface area contributed by atoms with Crippen LogP contribution in [0.3, 0.4) is 0 Å². The highest BCUT2D eigenvalue weighted by Gasteiger charge is 2.38. The van der Waals surface area contributed by atoms with Crippen LogP contribution in [0.4, 0.5) is 0 Å². The second-order valence-corrected chi connectivity index (χ2v) is 6.66. The Morgan fingerprint density at radius 2 is 2.08 bits per heavy atom. The van der Waals surface area contributed by atoms with Crippen LogP contribution in [0, 0.1) is 19.8 Å². The molecule has 2 amide bonds. The maximum absolute atomic E-state index is 12.6. The molecule has 1 aromatic heterocycles. The molecule has 0 aromatic carbocycles. The van der Waals surface area contributed by atoms with E-state index in [1.807, 2.05) is 18.7 Å². The summed E-state index contributed by atoms with van der Waals surface area (Å²) in [5, 5.41) is 14.1. The second-order valence-electron chi connectivity index (χ2n) is 6.66. The van der Waals surface area contributed by atoms with Crippen molar-refractivity contribution in [3.05, 3.63) is 17.0 Å². The number of likely N-dealkylation sites (N-methyl/N-ethyl adjacent to an activating group) is 1. The summed E-state index contributed by atoms with van der Waals surface area (Å²) in [5.41, 5.74) is 3.11. The topological polar surface area (TPSA) is 116 Å². The molecular formula is C17H26N4O5. The van der Waals surface area contributed by atoms with E-state index in [1.165, 1.54) is 0 Å². The van der Waals surface area contributed by atoms with Gasteiger partial charge in [-0.05, 0) is 19.4 Å². The van der Waals surface area contributed by atoms with Gasteiger partial charge in [0, 0.05) is 38.7 Å². The fourth-order valence-corrected chi connectivity index (χ4v) is 3.26. The van der Waals surface area contributed by atoms with Gasteiger partial charge in [0.15, 0.2) is 0 Å². The van der Waals surface area contributed by atoms with E-state index in [0.717, 1.165) is 17.0 Å². The molecule has 0 aliphatic carbocycles. The molecule has 9 heteroatoms. The number of fused-ring (bicyclic) bond motifs is 3. The van der Waals surface area contributed by atoms with Crippen molar-refractivity contribution >= 4 is 18.3 Å². The van der Waals surface area contributed by atoms with Gasteiger partial charge >= 0.3 is 0 Å². The number of nitrogens with zero attached hydrogens (tertiary/aromatic N) is 3. The van der Waals surface area contributed by atoms with Crippen molar-refractivity contribution in [1.29, 1.82) is 0 Å². The smallest absolute Gasteiger partial charge is 0.290 e. The Morgan fingerprint density at radius 3 is 2.69 bits per heavy atom. The van der Waals surface area contributed by atoms with Crippen molar-refractivity contribution < 1.29 is 24.2 Å². The molecule has 0 spiro atoms. The fourth-order valence-electron chi connectivity index (χ4n) is 3.26. The first-order valence-electron chi connectivity index (χ1n) is 8.59. The Morgan fingerprint density at radius 1 is 1.38 bits per heavy atom. The van der Waals surface area contributed by atoms with E-state index in [1.54, 1.807) is 11.9 Å². The first-order chi connectivity index (χ1) is 12.4. The molecule has 2 saturated heterocycles. The number of carbonyl (C=O) groups is 3. The predicted octanol–water partition coefficient (Wildman–Crippen LogP) is -0.0245. The zero-order valence-corrected chi connectivity index (χ0v) is 15.4. The largest absolute Gasteiger partial charge is 0.483 e. The van der Waals surface area contributed by atoms with Crippen molar-refractivity contribution in [3.63, 3.8) is 0 Å². The SMILES string of the molecule is Cc1[nH]nc(CCC(=O)N2C[C@@H]3COC[C@H](C2)N(C)C3=O)c1C.O=CO. The van der Waals surface area contributed by atoms with Gasteiger partial charge in [-0.15, -0.1) is 0 Å². The lowest BCUT2D eigenvalue weighted by Crippen LogP contribution is -2.45. The Balaban J connectivity index is 0.000000758. The predicted molar refractivity (Wildman–Crippen MR) is 92.5 cm³/mol. The number of H-pyrrole nitrogens is 1. The van der Waals surface area contributed by atoms with Gasteiger partial charge in [-0.25, -0.2) is 0 Å². The van der Waals surface area contributed by atoms with Crippen LogP contribution in [0.1, 0.15) is 23.4 Å². The summed E-state index contributed by atoms with van der Waals surface area (Å²) >= 11 is 0. The molecule has 2 N–H and O–H groups in total. The van der Waals surface area contributed by atoms with Crippen LogP contribution in [-0.2, 0) is 25.5 Å². The van der Waals surface area contributed by atoms with E-state index in [9.17, 15) is 9.59 Å². The average Bonchev–Trinajstić information content (AvgIpc) is 2.77. The molecular weight excluding hydrogens is 340 g/mol. The molecule has 26 heavy (non-hydrogen) atoms. The Labute approximate surface area is 152 Å². The Bertz CT molecular complexity index is 660. The molecule has 3 heterocycles. The highest BCUT2D eigenvalue weighted by molar-refractivity contribution is 5.82. The molecule has 2 atom stereocenters. The minimum absolute atomic E-state index is 0.0479. The van der Waals surface area contributed by atoms with Gasteiger partial charge in [0.05, 0.1) is 30.9 Å². The normalized spacial score (nSPS) is 22.3. The number of carbonyl (C=O) groups excluding carboxylic acids is 2. The van der Waals surface area contributed by atoms with Gasteiger partial charge in [0.2, 0.25) is 11.8 Å². The lowest BCUT2D eigenvalue weighted by Gasteiger charge is -2.29. The lowest BCUT2D eigenvalue weighted by molar-refractivity contribution is -0.134. The number of aromatic nitrogens is 2. The molecule has 2 aliphatic rings. The lowest BCUT2D eigenvalue weighted by atomic mass is 10.1. The van der Waals surface area contributed by atoms with Crippen molar-refractivity contribution in [1.82, 2.24) is 20.0 Å². The van der Waals surface area contributed by atoms with E-state index in [-0.39, 0.29) is 30.2 Å². The number of rotatable bonds is 3. The number of nitrogens with one attached hydrogen (secondary N) is 1. The van der Waals surface area contributed by atoms with Crippen LogP contribution in [0.25, 0.3) is 0 Å². The van der Waals surface area contributed by atoms with Crippen molar-refractivity contribution in [2.24, 2.45) is 5.92 Å². The van der Waals surface area contributed by atoms with Gasteiger partial charge in [-0.3, -0.25) is 19.5 Å². The minimum atomic E-state index is -0.250. The van der Waals surface area contributed by atoms with Crippen LogP contribution < -0.4 is 0 Å². The average molecular weight is 366 g/mol. The van der Waals surface area contributed by atoms with Crippen LogP contribution in [0.2, 0.25) is 0 Å². The maximum Gasteiger partial charge on any atom is 0.290 e. The molecule has 0 unspecified atom stereocenters. The quantitative estimate of drug-likeness (QED) is 0.726. The Kier molecular flexibility index (Phi) is 6.73. The summed E-state index contributed by atoms with van der Waals surface area (Å²) in [6.07, 6.45) is 1.05. The highest BCUT2D eigenvalue weighted by atomic mass is 16.5. The Hall–Kier alpha value is -2.42. The number of hydrogen-bond acceptors (Lipinski definition) is 5. The molecule has 0 radical (unpaired) electrons. The van der Waals surface area contributed by atoms with Gasteiger partial charge in [-0.1, -0.05) is 0 Å². The molecule has 2 fully saturated rings. The van der Waals surface area contributed by atoms with Gasteiger partial charge in [0.25, 0.3) is 6.47 Å².